The number of aromatic nitrogens is 1. The van der Waals surface area contributed by atoms with E-state index in [9.17, 15) is 0 Å². The Kier molecular flexibility index (Phi) is 4.64. The van der Waals surface area contributed by atoms with E-state index in [2.05, 4.69) is 10.1 Å². The van der Waals surface area contributed by atoms with Gasteiger partial charge in [-0.05, 0) is 29.7 Å². The van der Waals surface area contributed by atoms with Crippen LogP contribution in [-0.2, 0) is 4.84 Å². The number of benzene rings is 1. The summed E-state index contributed by atoms with van der Waals surface area (Å²) in [5.41, 5.74) is 3.97. The SMILES string of the molecule is CC(=NOCCO)c1ccc(-c2cccnc2)cc1. The summed E-state index contributed by atoms with van der Waals surface area (Å²) in [6.45, 7) is 2.05. The lowest BCUT2D eigenvalue weighted by atomic mass is 10.0. The molecule has 0 saturated carbocycles. The van der Waals surface area contributed by atoms with Crippen molar-refractivity contribution >= 4 is 5.71 Å². The molecule has 1 N–H and O–H groups in total. The average Bonchev–Trinajstić information content (AvgIpc) is 2.48. The highest BCUT2D eigenvalue weighted by molar-refractivity contribution is 5.98. The number of aliphatic hydroxyl groups excluding tert-OH is 1. The molecule has 0 fully saturated rings. The molecule has 1 aromatic heterocycles. The fourth-order valence-corrected chi connectivity index (χ4v) is 1.67. The summed E-state index contributed by atoms with van der Waals surface area (Å²) in [6, 6.07) is 12.0. The zero-order valence-electron chi connectivity index (χ0n) is 10.8. The van der Waals surface area contributed by atoms with Crippen molar-refractivity contribution in [3.8, 4) is 11.1 Å². The minimum absolute atomic E-state index is 0.0310. The van der Waals surface area contributed by atoms with Gasteiger partial charge in [-0.15, -0.1) is 0 Å². The Labute approximate surface area is 112 Å². The van der Waals surface area contributed by atoms with Crippen LogP contribution < -0.4 is 0 Å². The average molecular weight is 256 g/mol. The summed E-state index contributed by atoms with van der Waals surface area (Å²) >= 11 is 0. The Bertz CT molecular complexity index is 536. The first kappa shape index (κ1) is 13.2. The Hall–Kier alpha value is -2.20. The Morgan fingerprint density at radius 3 is 2.63 bits per heavy atom. The molecule has 0 aliphatic rings. The van der Waals surface area contributed by atoms with Gasteiger partial charge in [0.1, 0.15) is 6.61 Å². The topological polar surface area (TPSA) is 54.7 Å². The van der Waals surface area contributed by atoms with Crippen LogP contribution in [0, 0.1) is 0 Å². The minimum Gasteiger partial charge on any atom is -0.393 e. The first-order valence-corrected chi connectivity index (χ1v) is 6.09. The van der Waals surface area contributed by atoms with Crippen LogP contribution in [0.3, 0.4) is 0 Å². The van der Waals surface area contributed by atoms with Gasteiger partial charge in [0.15, 0.2) is 0 Å². The van der Waals surface area contributed by atoms with Gasteiger partial charge in [0, 0.05) is 12.4 Å². The summed E-state index contributed by atoms with van der Waals surface area (Å²) in [5, 5.41) is 12.5. The standard InChI is InChI=1S/C15H16N2O2/c1-12(17-19-10-9-18)13-4-6-14(7-5-13)15-3-2-8-16-11-15/h2-8,11,18H,9-10H2,1H3. The molecule has 4 heteroatoms. The van der Waals surface area contributed by atoms with E-state index in [4.69, 9.17) is 9.94 Å². The number of pyridine rings is 1. The molecule has 0 aliphatic heterocycles. The van der Waals surface area contributed by atoms with Crippen molar-refractivity contribution in [1.82, 2.24) is 4.98 Å². The van der Waals surface area contributed by atoms with E-state index in [0.29, 0.717) is 0 Å². The Morgan fingerprint density at radius 1 is 1.21 bits per heavy atom. The van der Waals surface area contributed by atoms with E-state index in [0.717, 1.165) is 22.4 Å². The second-order valence-electron chi connectivity index (χ2n) is 4.05. The first-order chi connectivity index (χ1) is 9.31. The third-order valence-electron chi connectivity index (χ3n) is 2.68. The molecule has 0 spiro atoms. The number of rotatable bonds is 5. The van der Waals surface area contributed by atoms with Crippen LogP contribution in [0.1, 0.15) is 12.5 Å². The lowest BCUT2D eigenvalue weighted by Crippen LogP contribution is -1.99. The second-order valence-corrected chi connectivity index (χ2v) is 4.05. The Balaban J connectivity index is 2.12. The lowest BCUT2D eigenvalue weighted by Gasteiger charge is -2.04. The van der Waals surface area contributed by atoms with E-state index in [-0.39, 0.29) is 13.2 Å². The maximum atomic E-state index is 8.61. The molecule has 0 radical (unpaired) electrons. The van der Waals surface area contributed by atoms with Crippen LogP contribution in [0.15, 0.2) is 53.9 Å². The maximum Gasteiger partial charge on any atom is 0.140 e. The zero-order valence-corrected chi connectivity index (χ0v) is 10.8. The number of aliphatic hydroxyl groups is 1. The summed E-state index contributed by atoms with van der Waals surface area (Å²) < 4.78 is 0. The number of oxime groups is 1. The van der Waals surface area contributed by atoms with Crippen LogP contribution >= 0.6 is 0 Å². The molecule has 98 valence electrons. The van der Waals surface area contributed by atoms with E-state index in [1.165, 1.54) is 0 Å². The molecule has 2 aromatic rings. The van der Waals surface area contributed by atoms with Gasteiger partial charge in [-0.1, -0.05) is 35.5 Å². The fraction of sp³-hybridized carbons (Fsp3) is 0.200. The summed E-state index contributed by atoms with van der Waals surface area (Å²) in [5.74, 6) is 0. The maximum absolute atomic E-state index is 8.61. The third kappa shape index (κ3) is 3.63. The number of nitrogens with zero attached hydrogens (tertiary/aromatic N) is 2. The molecule has 4 nitrogen and oxygen atoms in total. The van der Waals surface area contributed by atoms with Gasteiger partial charge >= 0.3 is 0 Å². The normalized spacial score (nSPS) is 11.4. The summed E-state index contributed by atoms with van der Waals surface area (Å²) in [4.78, 5) is 9.04. The van der Waals surface area contributed by atoms with Gasteiger partial charge < -0.3 is 9.94 Å². The van der Waals surface area contributed by atoms with E-state index >= 15 is 0 Å². The molecule has 1 aromatic carbocycles. The van der Waals surface area contributed by atoms with E-state index < -0.39 is 0 Å². The quantitative estimate of drug-likeness (QED) is 0.508. The largest absolute Gasteiger partial charge is 0.393 e. The predicted octanol–water partition coefficient (Wildman–Crippen LogP) is 2.48. The van der Waals surface area contributed by atoms with Crippen molar-refractivity contribution in [1.29, 1.82) is 0 Å². The van der Waals surface area contributed by atoms with Gasteiger partial charge in [0.2, 0.25) is 0 Å². The molecule has 0 amide bonds. The Morgan fingerprint density at radius 2 is 2.00 bits per heavy atom. The molecule has 19 heavy (non-hydrogen) atoms. The molecule has 0 aliphatic carbocycles. The molecule has 2 rings (SSSR count). The summed E-state index contributed by atoms with van der Waals surface area (Å²) in [6.07, 6.45) is 3.59. The van der Waals surface area contributed by atoms with Gasteiger partial charge in [-0.3, -0.25) is 4.98 Å². The fourth-order valence-electron chi connectivity index (χ4n) is 1.67. The third-order valence-corrected chi connectivity index (χ3v) is 2.68. The van der Waals surface area contributed by atoms with Gasteiger partial charge in [0.05, 0.1) is 12.3 Å². The van der Waals surface area contributed by atoms with Crippen LogP contribution in [0.4, 0.5) is 0 Å². The highest BCUT2D eigenvalue weighted by atomic mass is 16.6. The number of hydrogen-bond acceptors (Lipinski definition) is 4. The van der Waals surface area contributed by atoms with Crippen LogP contribution in [0.25, 0.3) is 11.1 Å². The van der Waals surface area contributed by atoms with Crippen LogP contribution in [0.5, 0.6) is 0 Å². The number of hydrogen-bond donors (Lipinski definition) is 1. The van der Waals surface area contributed by atoms with E-state index in [1.807, 2.05) is 49.5 Å². The minimum atomic E-state index is -0.0310. The molecule has 1 heterocycles. The highest BCUT2D eigenvalue weighted by Crippen LogP contribution is 2.18. The van der Waals surface area contributed by atoms with Crippen molar-refractivity contribution in [2.24, 2.45) is 5.16 Å². The predicted molar refractivity (Wildman–Crippen MR) is 74.9 cm³/mol. The van der Waals surface area contributed by atoms with Crippen molar-refractivity contribution in [2.75, 3.05) is 13.2 Å². The molecule has 0 unspecified atom stereocenters. The highest BCUT2D eigenvalue weighted by Gasteiger charge is 2.00. The van der Waals surface area contributed by atoms with Crippen molar-refractivity contribution in [2.45, 2.75) is 6.92 Å². The monoisotopic (exact) mass is 256 g/mol. The van der Waals surface area contributed by atoms with Gasteiger partial charge in [-0.25, -0.2) is 0 Å². The van der Waals surface area contributed by atoms with Crippen molar-refractivity contribution in [3.63, 3.8) is 0 Å². The van der Waals surface area contributed by atoms with E-state index in [1.54, 1.807) is 6.20 Å². The molecular weight excluding hydrogens is 240 g/mol. The second kappa shape index (κ2) is 6.66. The van der Waals surface area contributed by atoms with Crippen molar-refractivity contribution < 1.29 is 9.94 Å². The molecule has 0 bridgehead atoms. The van der Waals surface area contributed by atoms with Crippen LogP contribution in [0.2, 0.25) is 0 Å². The van der Waals surface area contributed by atoms with Gasteiger partial charge in [0.25, 0.3) is 0 Å². The first-order valence-electron chi connectivity index (χ1n) is 6.09. The molecule has 0 atom stereocenters. The lowest BCUT2D eigenvalue weighted by molar-refractivity contribution is 0.0986. The molecular formula is C15H16N2O2. The van der Waals surface area contributed by atoms with Gasteiger partial charge in [-0.2, -0.15) is 0 Å². The zero-order chi connectivity index (χ0) is 13.5. The molecule has 0 saturated heterocycles. The summed E-state index contributed by atoms with van der Waals surface area (Å²) in [7, 11) is 0. The van der Waals surface area contributed by atoms with Crippen molar-refractivity contribution in [3.05, 3.63) is 54.4 Å². The van der Waals surface area contributed by atoms with Crippen LogP contribution in [-0.4, -0.2) is 29.0 Å². The smallest absolute Gasteiger partial charge is 0.140 e.